The molecule has 0 radical (unpaired) electrons. The average Bonchev–Trinajstić information content (AvgIpc) is 3.95. The van der Waals surface area contributed by atoms with E-state index in [1.807, 2.05) is 30.3 Å². The van der Waals surface area contributed by atoms with Crippen LogP contribution in [0.15, 0.2) is 47.3 Å². The number of carbonyl (C=O) groups excluding carboxylic acids is 9. The Morgan fingerprint density at radius 3 is 2.36 bits per heavy atom. The van der Waals surface area contributed by atoms with Crippen LogP contribution in [0.1, 0.15) is 136 Å². The summed E-state index contributed by atoms with van der Waals surface area (Å²) in [5.74, 6) is -4.82. The average molecular weight is 1060 g/mol. The second kappa shape index (κ2) is 24.3. The van der Waals surface area contributed by atoms with E-state index in [1.54, 1.807) is 26.8 Å². The fourth-order valence-electron chi connectivity index (χ4n) is 11.0. The Morgan fingerprint density at radius 1 is 0.870 bits per heavy atom. The number of nitrogens with one attached hydrogen (secondary N) is 4. The van der Waals surface area contributed by atoms with Crippen molar-refractivity contribution >= 4 is 63.8 Å². The molecule has 5 amide bonds. The topological polar surface area (TPSA) is 269 Å². The number of aryl methyl sites for hydroxylation is 1. The molecule has 1 aliphatic carbocycles. The molecule has 4 atom stereocenters. The number of aromatic nitrogens is 2. The van der Waals surface area contributed by atoms with Crippen LogP contribution in [0.25, 0.3) is 22.3 Å². The van der Waals surface area contributed by atoms with Crippen LogP contribution in [0.3, 0.4) is 0 Å². The van der Waals surface area contributed by atoms with E-state index in [9.17, 15) is 53.1 Å². The van der Waals surface area contributed by atoms with Crippen molar-refractivity contribution < 1.29 is 57.4 Å². The first kappa shape index (κ1) is 55.9. The molecule has 0 saturated carbocycles. The van der Waals surface area contributed by atoms with E-state index in [0.29, 0.717) is 85.0 Å². The lowest BCUT2D eigenvalue weighted by atomic mass is 9.81. The molecular weight excluding hydrogens is 994 g/mol. The molecule has 20 heteroatoms. The van der Waals surface area contributed by atoms with E-state index in [4.69, 9.17) is 9.72 Å². The van der Waals surface area contributed by atoms with Gasteiger partial charge in [-0.25, -0.2) is 14.2 Å². The number of imide groups is 1. The molecule has 1 unspecified atom stereocenters. The number of aliphatic hydroxyl groups is 1. The Labute approximate surface area is 444 Å². The van der Waals surface area contributed by atoms with Crippen LogP contribution < -0.4 is 26.8 Å². The van der Waals surface area contributed by atoms with Crippen molar-refractivity contribution in [3.8, 4) is 11.4 Å². The first-order valence-electron chi connectivity index (χ1n) is 26.7. The zero-order valence-corrected chi connectivity index (χ0v) is 43.8. The van der Waals surface area contributed by atoms with Gasteiger partial charge in [0.15, 0.2) is 17.2 Å². The molecule has 1 fully saturated rings. The molecular formula is C57H66FN7O12. The fourth-order valence-corrected chi connectivity index (χ4v) is 11.0. The summed E-state index contributed by atoms with van der Waals surface area (Å²) in [7, 11) is 0. The van der Waals surface area contributed by atoms with E-state index < -0.39 is 52.5 Å². The Bertz CT molecular complexity index is 3100. The standard InChI is InChI=1S/C57H66FN7O12/c1-4-57(76)42-25-46-52-40(30-65(46)55(74)41(42)31-77-56(57)75)51-44(18-17-39-33(3)43(58)26-45(63-52)50(39)51)62-48(70)29-59-20-11-15-37(67)27-61-53(72)35(23-34-12-7-5-8-13-34)24-38(68)28-60-47(69)19-16-36(66)14-9-6-10-21-64-49(71)22-32(2)54(64)73/h5,7-8,12-13,25-26,32,35,44,59,76H,4,6,9-11,14-24,27-31H2,1-3H3,(H,60,69)(H,61,72)(H,62,70)/t32?,35-,44+,57+/m1/s1. The molecule has 77 heavy (non-hydrogen) atoms. The zero-order valence-electron chi connectivity index (χ0n) is 43.8. The van der Waals surface area contributed by atoms with E-state index >= 15 is 4.39 Å². The van der Waals surface area contributed by atoms with Crippen molar-refractivity contribution in [3.05, 3.63) is 97.6 Å². The number of unbranched alkanes of at least 4 members (excludes halogenated alkanes) is 2. The van der Waals surface area contributed by atoms with Gasteiger partial charge in [0.2, 0.25) is 29.5 Å². The number of hydrogen-bond acceptors (Lipinski definition) is 14. The number of cyclic esters (lactones) is 1. The molecule has 3 aliphatic heterocycles. The molecule has 0 spiro atoms. The Kier molecular flexibility index (Phi) is 17.7. The summed E-state index contributed by atoms with van der Waals surface area (Å²) >= 11 is 0. The minimum absolute atomic E-state index is 0.00142. The number of amides is 5. The first-order valence-corrected chi connectivity index (χ1v) is 26.7. The lowest BCUT2D eigenvalue weighted by molar-refractivity contribution is -0.172. The summed E-state index contributed by atoms with van der Waals surface area (Å²) in [6.45, 7) is 4.78. The van der Waals surface area contributed by atoms with Gasteiger partial charge in [-0.3, -0.25) is 48.1 Å². The molecule has 0 bridgehead atoms. The van der Waals surface area contributed by atoms with E-state index in [0.717, 1.165) is 16.7 Å². The summed E-state index contributed by atoms with van der Waals surface area (Å²) in [5, 5.41) is 23.5. The molecule has 4 aromatic rings. The number of likely N-dealkylation sites (tertiary alicyclic amines) is 1. The fraction of sp³-hybridized carbons (Fsp3) is 0.491. The highest BCUT2D eigenvalue weighted by Gasteiger charge is 2.46. The number of fused-ring (bicyclic) bond motifs is 5. The predicted octanol–water partition coefficient (Wildman–Crippen LogP) is 3.92. The monoisotopic (exact) mass is 1060 g/mol. The van der Waals surface area contributed by atoms with Crippen LogP contribution >= 0.6 is 0 Å². The number of ketones is 3. The Hall–Kier alpha value is -7.32. The molecule has 408 valence electrons. The number of esters is 1. The second-order valence-corrected chi connectivity index (χ2v) is 20.8. The normalized spacial score (nSPS) is 18.6. The van der Waals surface area contributed by atoms with Gasteiger partial charge in [-0.2, -0.15) is 0 Å². The van der Waals surface area contributed by atoms with Gasteiger partial charge >= 0.3 is 5.97 Å². The molecule has 5 heterocycles. The molecule has 8 rings (SSSR count). The maximum Gasteiger partial charge on any atom is 0.343 e. The van der Waals surface area contributed by atoms with Crippen LogP contribution in [0, 0.1) is 24.6 Å². The van der Waals surface area contributed by atoms with Gasteiger partial charge in [-0.15, -0.1) is 0 Å². The van der Waals surface area contributed by atoms with E-state index in [2.05, 4.69) is 21.3 Å². The van der Waals surface area contributed by atoms with Crippen LogP contribution in [0.5, 0.6) is 0 Å². The molecule has 2 aromatic heterocycles. The maximum absolute atomic E-state index is 15.4. The lowest BCUT2D eigenvalue weighted by Gasteiger charge is -2.31. The van der Waals surface area contributed by atoms with Crippen LogP contribution in [-0.4, -0.2) is 105 Å². The summed E-state index contributed by atoms with van der Waals surface area (Å²) in [6, 6.07) is 11.5. The first-order chi connectivity index (χ1) is 36.9. The van der Waals surface area contributed by atoms with Gasteiger partial charge < -0.3 is 35.7 Å². The minimum Gasteiger partial charge on any atom is -0.458 e. The highest BCUT2D eigenvalue weighted by Crippen LogP contribution is 2.46. The van der Waals surface area contributed by atoms with Crippen molar-refractivity contribution in [2.75, 3.05) is 32.7 Å². The van der Waals surface area contributed by atoms with Crippen molar-refractivity contribution in [1.29, 1.82) is 0 Å². The third-order valence-corrected chi connectivity index (χ3v) is 15.4. The van der Waals surface area contributed by atoms with Crippen molar-refractivity contribution in [3.63, 3.8) is 0 Å². The Morgan fingerprint density at radius 2 is 1.62 bits per heavy atom. The number of ether oxygens (including phenoxy) is 1. The van der Waals surface area contributed by atoms with Gasteiger partial charge in [-0.05, 0) is 86.7 Å². The summed E-state index contributed by atoms with van der Waals surface area (Å²) < 4.78 is 22.1. The van der Waals surface area contributed by atoms with Gasteiger partial charge in [-0.1, -0.05) is 50.6 Å². The number of halogens is 1. The van der Waals surface area contributed by atoms with Crippen LogP contribution in [-0.2, 0) is 79.5 Å². The maximum atomic E-state index is 15.4. The van der Waals surface area contributed by atoms with E-state index in [-0.39, 0.29) is 130 Å². The lowest BCUT2D eigenvalue weighted by Crippen LogP contribution is -2.44. The Balaban J connectivity index is 0.782. The summed E-state index contributed by atoms with van der Waals surface area (Å²) in [5.41, 5.74) is 2.41. The van der Waals surface area contributed by atoms with Crippen LogP contribution in [0.2, 0.25) is 0 Å². The molecule has 4 aliphatic rings. The van der Waals surface area contributed by atoms with Crippen LogP contribution in [0.4, 0.5) is 4.39 Å². The third-order valence-electron chi connectivity index (χ3n) is 15.4. The summed E-state index contributed by atoms with van der Waals surface area (Å²) in [4.78, 5) is 135. The molecule has 1 saturated heterocycles. The quantitative estimate of drug-likeness (QED) is 0.0299. The van der Waals surface area contributed by atoms with Crippen molar-refractivity contribution in [2.45, 2.75) is 135 Å². The van der Waals surface area contributed by atoms with Gasteiger partial charge in [0.1, 0.15) is 18.2 Å². The smallest absolute Gasteiger partial charge is 0.343 e. The summed E-state index contributed by atoms with van der Waals surface area (Å²) in [6.07, 6.45) is 3.51. The number of pyridine rings is 2. The van der Waals surface area contributed by atoms with Gasteiger partial charge in [0.25, 0.3) is 5.56 Å². The SMILES string of the molecule is CC[C@@]1(O)C(=O)OCc2c1cc1n(c2=O)Cc2c-1nc1cc(F)c(C)c3c1c2[C@@H](NC(=O)CNCCCC(=O)CNC(=O)[C@@H](CC(=O)CNC(=O)CCC(=O)CCCCCN1C(=O)CC(C)C1=O)Cc1ccccc1)CC3. The number of rotatable bonds is 26. The highest BCUT2D eigenvalue weighted by molar-refractivity contribution is 6.03. The number of Topliss-reactive ketones (excluding diaryl/α,β-unsaturated/α-hetero) is 3. The number of benzene rings is 2. The largest absolute Gasteiger partial charge is 0.458 e. The molecule has 2 aromatic carbocycles. The zero-order chi connectivity index (χ0) is 55.1. The van der Waals surface area contributed by atoms with E-state index in [1.165, 1.54) is 15.5 Å². The van der Waals surface area contributed by atoms with Gasteiger partial charge in [0.05, 0.1) is 54.7 Å². The number of nitrogens with zero attached hydrogens (tertiary/aromatic N) is 3. The predicted molar refractivity (Wildman–Crippen MR) is 278 cm³/mol. The van der Waals surface area contributed by atoms with Crippen molar-refractivity contribution in [1.82, 2.24) is 35.7 Å². The second-order valence-electron chi connectivity index (χ2n) is 20.8. The highest BCUT2D eigenvalue weighted by atomic mass is 19.1. The number of hydrogen-bond donors (Lipinski definition) is 5. The number of carbonyl (C=O) groups is 9. The van der Waals surface area contributed by atoms with Gasteiger partial charge in [0, 0.05) is 79.5 Å². The molecule has 5 N–H and O–H groups in total. The minimum atomic E-state index is -2.03. The third kappa shape index (κ3) is 12.4. The van der Waals surface area contributed by atoms with Crippen molar-refractivity contribution in [2.24, 2.45) is 11.8 Å². The molecule has 19 nitrogen and oxygen atoms in total.